The van der Waals surface area contributed by atoms with E-state index >= 15 is 0 Å². The number of hydrogen-bond donors (Lipinski definition) is 4. The standard InChI is InChI=1S/C22H39NO5/c1-23-17(19(25)21(27)20(26)18(23)12-24)4-2-3-5-28-13-22-9-14-6-15(10-22)8-16(7-14)11-22/h14-21,24-27H,2-13H2,1H3/t14?,15?,16?,17-,18+,19-,20+,21+,22?/m0/s1. The van der Waals surface area contributed by atoms with Gasteiger partial charge in [0.25, 0.3) is 0 Å². The smallest absolute Gasteiger partial charge is 0.109 e. The number of likely N-dealkylation sites (N-methyl/N-ethyl adjacent to an activating group) is 1. The van der Waals surface area contributed by atoms with Crippen molar-refractivity contribution in [2.75, 3.05) is 26.9 Å². The number of rotatable bonds is 8. The molecule has 5 aliphatic rings. The second-order valence-corrected chi connectivity index (χ2v) is 10.4. The van der Waals surface area contributed by atoms with Gasteiger partial charge < -0.3 is 25.2 Å². The number of likely N-dealkylation sites (tertiary alicyclic amines) is 1. The van der Waals surface area contributed by atoms with Crippen LogP contribution in [0.1, 0.15) is 57.8 Å². The van der Waals surface area contributed by atoms with Crippen LogP contribution in [0.5, 0.6) is 0 Å². The van der Waals surface area contributed by atoms with Gasteiger partial charge in [-0.05, 0) is 88.0 Å². The monoisotopic (exact) mass is 397 g/mol. The van der Waals surface area contributed by atoms with Gasteiger partial charge in [-0.1, -0.05) is 0 Å². The summed E-state index contributed by atoms with van der Waals surface area (Å²) in [6.07, 6.45) is 7.76. The number of piperidine rings is 1. The third-order valence-corrected chi connectivity index (χ3v) is 8.33. The predicted molar refractivity (Wildman–Crippen MR) is 106 cm³/mol. The molecule has 4 bridgehead atoms. The van der Waals surface area contributed by atoms with E-state index in [1.807, 2.05) is 4.90 Å². The Hall–Kier alpha value is -0.240. The first-order valence-electron chi connectivity index (χ1n) is 11.4. The molecule has 4 saturated carbocycles. The van der Waals surface area contributed by atoms with Crippen LogP contribution in [0.4, 0.5) is 0 Å². The minimum atomic E-state index is -1.20. The van der Waals surface area contributed by atoms with E-state index in [1.54, 1.807) is 7.05 Å². The number of hydrogen-bond acceptors (Lipinski definition) is 6. The van der Waals surface area contributed by atoms with Crippen molar-refractivity contribution in [3.05, 3.63) is 0 Å². The second-order valence-electron chi connectivity index (χ2n) is 10.4. The predicted octanol–water partition coefficient (Wildman–Crippen LogP) is 1.15. The lowest BCUT2D eigenvalue weighted by atomic mass is 9.50. The van der Waals surface area contributed by atoms with Crippen LogP contribution in [-0.4, -0.2) is 82.6 Å². The zero-order valence-corrected chi connectivity index (χ0v) is 17.2. The summed E-state index contributed by atoms with van der Waals surface area (Å²) >= 11 is 0. The average molecular weight is 398 g/mol. The number of aliphatic hydroxyl groups excluding tert-OH is 4. The summed E-state index contributed by atoms with van der Waals surface area (Å²) in [6, 6.07) is -0.783. The summed E-state index contributed by atoms with van der Waals surface area (Å²) < 4.78 is 6.14. The van der Waals surface area contributed by atoms with Crippen LogP contribution in [0.2, 0.25) is 0 Å². The largest absolute Gasteiger partial charge is 0.395 e. The van der Waals surface area contributed by atoms with Crippen molar-refractivity contribution in [2.45, 2.75) is 88.2 Å². The minimum Gasteiger partial charge on any atom is -0.395 e. The fourth-order valence-electron chi connectivity index (χ4n) is 7.31. The molecular weight excluding hydrogens is 358 g/mol. The van der Waals surface area contributed by atoms with Gasteiger partial charge in [0.05, 0.1) is 25.4 Å². The van der Waals surface area contributed by atoms with Crippen molar-refractivity contribution >= 4 is 0 Å². The van der Waals surface area contributed by atoms with Gasteiger partial charge >= 0.3 is 0 Å². The molecule has 4 aliphatic carbocycles. The molecule has 162 valence electrons. The van der Waals surface area contributed by atoms with Crippen LogP contribution >= 0.6 is 0 Å². The van der Waals surface area contributed by atoms with Gasteiger partial charge in [0.15, 0.2) is 0 Å². The lowest BCUT2D eigenvalue weighted by Crippen LogP contribution is -2.66. The highest BCUT2D eigenvalue weighted by molar-refractivity contribution is 5.01. The third-order valence-electron chi connectivity index (χ3n) is 8.33. The van der Waals surface area contributed by atoms with Crippen LogP contribution in [0.15, 0.2) is 0 Å². The van der Waals surface area contributed by atoms with Crippen molar-refractivity contribution in [1.82, 2.24) is 4.90 Å². The van der Waals surface area contributed by atoms with E-state index < -0.39 is 24.4 Å². The van der Waals surface area contributed by atoms with E-state index in [0.717, 1.165) is 50.2 Å². The summed E-state index contributed by atoms with van der Waals surface area (Å²) in [6.45, 7) is 1.44. The van der Waals surface area contributed by atoms with Gasteiger partial charge in [-0.2, -0.15) is 0 Å². The Labute approximate surface area is 168 Å². The molecule has 0 amide bonds. The SMILES string of the molecule is CN1[C@H](CO)[C@@H](O)[C@H](O)[C@@H](O)[C@@H]1CCCCOCC12CC3CC(CC(C3)C1)C2. The maximum atomic E-state index is 10.3. The zero-order chi connectivity index (χ0) is 19.9. The van der Waals surface area contributed by atoms with Gasteiger partial charge in [-0.3, -0.25) is 4.90 Å². The lowest BCUT2D eigenvalue weighted by molar-refractivity contribution is -0.166. The number of ether oxygens (including phenoxy) is 1. The maximum Gasteiger partial charge on any atom is 0.109 e. The van der Waals surface area contributed by atoms with Gasteiger partial charge in [-0.25, -0.2) is 0 Å². The first-order valence-corrected chi connectivity index (χ1v) is 11.4. The highest BCUT2D eigenvalue weighted by Crippen LogP contribution is 2.60. The van der Waals surface area contributed by atoms with Crippen molar-refractivity contribution in [1.29, 1.82) is 0 Å². The molecule has 5 fully saturated rings. The first-order chi connectivity index (χ1) is 13.4. The maximum absolute atomic E-state index is 10.3. The minimum absolute atomic E-state index is 0.230. The van der Waals surface area contributed by atoms with Crippen LogP contribution < -0.4 is 0 Å². The van der Waals surface area contributed by atoms with E-state index in [2.05, 4.69) is 0 Å². The lowest BCUT2D eigenvalue weighted by Gasteiger charge is -2.56. The quantitative estimate of drug-likeness (QED) is 0.459. The third kappa shape index (κ3) is 4.01. The Bertz CT molecular complexity index is 494. The molecule has 1 aliphatic heterocycles. The summed E-state index contributed by atoms with van der Waals surface area (Å²) in [7, 11) is 1.80. The van der Waals surface area contributed by atoms with E-state index in [9.17, 15) is 20.4 Å². The van der Waals surface area contributed by atoms with Gasteiger partial charge in [0, 0.05) is 12.6 Å². The van der Waals surface area contributed by atoms with Gasteiger partial charge in [0.1, 0.15) is 12.2 Å². The molecule has 0 aromatic heterocycles. The molecule has 5 rings (SSSR count). The molecule has 6 nitrogen and oxygen atoms in total. The summed E-state index contributed by atoms with van der Waals surface area (Å²) in [5, 5.41) is 39.9. The highest BCUT2D eigenvalue weighted by atomic mass is 16.5. The molecule has 28 heavy (non-hydrogen) atoms. The van der Waals surface area contributed by atoms with Crippen LogP contribution in [-0.2, 0) is 4.74 Å². The molecule has 0 aromatic carbocycles. The normalized spacial score (nSPS) is 48.3. The molecule has 5 atom stereocenters. The Balaban J connectivity index is 1.18. The fourth-order valence-corrected chi connectivity index (χ4v) is 7.31. The number of nitrogens with zero attached hydrogens (tertiary/aromatic N) is 1. The van der Waals surface area contributed by atoms with Crippen LogP contribution in [0, 0.1) is 23.2 Å². The molecule has 1 heterocycles. The van der Waals surface area contributed by atoms with Crippen LogP contribution in [0.3, 0.4) is 0 Å². The molecule has 0 spiro atoms. The molecule has 0 radical (unpaired) electrons. The topological polar surface area (TPSA) is 93.4 Å². The Kier molecular flexibility index (Phi) is 6.36. The Morgan fingerprint density at radius 3 is 2.00 bits per heavy atom. The zero-order valence-electron chi connectivity index (χ0n) is 17.2. The Morgan fingerprint density at radius 2 is 1.43 bits per heavy atom. The Morgan fingerprint density at radius 1 is 0.857 bits per heavy atom. The van der Waals surface area contributed by atoms with E-state index in [-0.39, 0.29) is 12.6 Å². The molecule has 4 N–H and O–H groups in total. The summed E-state index contributed by atoms with van der Waals surface area (Å²) in [4.78, 5) is 1.82. The van der Waals surface area contributed by atoms with Gasteiger partial charge in [-0.15, -0.1) is 0 Å². The van der Waals surface area contributed by atoms with E-state index in [0.29, 0.717) is 5.41 Å². The highest BCUT2D eigenvalue weighted by Gasteiger charge is 2.51. The van der Waals surface area contributed by atoms with Crippen molar-refractivity contribution < 1.29 is 25.2 Å². The van der Waals surface area contributed by atoms with Crippen molar-refractivity contribution in [3.8, 4) is 0 Å². The molecule has 1 saturated heterocycles. The number of unbranched alkanes of at least 4 members (excludes halogenated alkanes) is 1. The average Bonchev–Trinajstić information content (AvgIpc) is 2.64. The van der Waals surface area contributed by atoms with E-state index in [4.69, 9.17) is 4.74 Å². The molecule has 0 unspecified atom stereocenters. The fraction of sp³-hybridized carbons (Fsp3) is 1.00. The van der Waals surface area contributed by atoms with Crippen molar-refractivity contribution in [2.24, 2.45) is 23.2 Å². The van der Waals surface area contributed by atoms with Crippen molar-refractivity contribution in [3.63, 3.8) is 0 Å². The summed E-state index contributed by atoms with van der Waals surface area (Å²) in [5.74, 6) is 2.87. The molecule has 0 aromatic rings. The molecular formula is C22H39NO5. The summed E-state index contributed by atoms with van der Waals surface area (Å²) in [5.41, 5.74) is 0.461. The van der Waals surface area contributed by atoms with E-state index in [1.165, 1.54) is 38.5 Å². The van der Waals surface area contributed by atoms with Gasteiger partial charge in [0.2, 0.25) is 0 Å². The molecule has 6 heteroatoms. The van der Waals surface area contributed by atoms with Crippen LogP contribution in [0.25, 0.3) is 0 Å². The second kappa shape index (κ2) is 8.48. The number of aliphatic hydroxyl groups is 4. The first kappa shape index (κ1) is 21.0.